The minimum absolute atomic E-state index is 0.0106. The van der Waals surface area contributed by atoms with Crippen LogP contribution in [0.1, 0.15) is 61.8 Å². The number of benzene rings is 1. The minimum Gasteiger partial charge on any atom is -0.484 e. The Balaban J connectivity index is 2.46. The van der Waals surface area contributed by atoms with Crippen molar-refractivity contribution in [3.05, 3.63) is 42.5 Å². The summed E-state index contributed by atoms with van der Waals surface area (Å²) in [5, 5.41) is 0.0497. The molecule has 0 aliphatic heterocycles. The zero-order chi connectivity index (χ0) is 27.7. The Labute approximate surface area is 222 Å². The normalized spacial score (nSPS) is 20.7. The SMILES string of the molecule is C=C1C(=O)C[C@@H](O[Si](C)(C)C(C)(C)C)[C@@H]1C#C[C@@H](O[Si](C)(C)C(C)(C)C)C(C)(C)Oc1ccccc1. The van der Waals surface area contributed by atoms with Crippen LogP contribution < -0.4 is 4.74 Å². The van der Waals surface area contributed by atoms with Gasteiger partial charge in [-0.3, -0.25) is 4.79 Å². The van der Waals surface area contributed by atoms with E-state index in [0.29, 0.717) is 12.0 Å². The van der Waals surface area contributed by atoms with Crippen molar-refractivity contribution < 1.29 is 18.4 Å². The number of rotatable bonds is 7. The molecule has 1 aromatic rings. The molecule has 1 fully saturated rings. The average molecular weight is 529 g/mol. The summed E-state index contributed by atoms with van der Waals surface area (Å²) in [7, 11) is -4.27. The molecule has 4 nitrogen and oxygen atoms in total. The van der Waals surface area contributed by atoms with Crippen molar-refractivity contribution in [1.82, 2.24) is 0 Å². The second-order valence-corrected chi connectivity index (χ2v) is 23.1. The van der Waals surface area contributed by atoms with E-state index in [0.717, 1.165) is 5.75 Å². The van der Waals surface area contributed by atoms with Gasteiger partial charge in [-0.05, 0) is 62.2 Å². The maximum atomic E-state index is 12.7. The van der Waals surface area contributed by atoms with E-state index in [1.54, 1.807) is 0 Å². The maximum Gasteiger partial charge on any atom is 0.193 e. The van der Waals surface area contributed by atoms with Gasteiger partial charge in [0, 0.05) is 12.0 Å². The van der Waals surface area contributed by atoms with Crippen LogP contribution in [0.25, 0.3) is 0 Å². The Bertz CT molecular complexity index is 1000. The minimum atomic E-state index is -2.18. The van der Waals surface area contributed by atoms with E-state index in [9.17, 15) is 4.79 Å². The number of para-hydroxylation sites is 1. The third-order valence-corrected chi connectivity index (χ3v) is 17.0. The van der Waals surface area contributed by atoms with Crippen molar-refractivity contribution in [2.75, 3.05) is 0 Å². The monoisotopic (exact) mass is 528 g/mol. The van der Waals surface area contributed by atoms with Crippen molar-refractivity contribution in [1.29, 1.82) is 0 Å². The van der Waals surface area contributed by atoms with Crippen LogP contribution >= 0.6 is 0 Å². The number of hydrogen-bond donors (Lipinski definition) is 0. The fraction of sp³-hybridized carbons (Fsp3) is 0.633. The summed E-state index contributed by atoms with van der Waals surface area (Å²) < 4.78 is 19.9. The highest BCUT2D eigenvalue weighted by atomic mass is 28.4. The first-order chi connectivity index (χ1) is 16.2. The van der Waals surface area contributed by atoms with E-state index in [4.69, 9.17) is 13.6 Å². The molecule has 0 spiro atoms. The first-order valence-corrected chi connectivity index (χ1v) is 18.8. The van der Waals surface area contributed by atoms with Crippen molar-refractivity contribution in [3.63, 3.8) is 0 Å². The number of Topliss-reactive ketones (excluding diaryl/α,β-unsaturated/α-hetero) is 1. The molecular weight excluding hydrogens is 480 g/mol. The van der Waals surface area contributed by atoms with Gasteiger partial charge >= 0.3 is 0 Å². The molecule has 0 aromatic heterocycles. The number of ether oxygens (including phenoxy) is 1. The first kappa shape index (κ1) is 30.6. The Morgan fingerprint density at radius 3 is 1.94 bits per heavy atom. The quantitative estimate of drug-likeness (QED) is 0.206. The van der Waals surface area contributed by atoms with Gasteiger partial charge in [0.25, 0.3) is 0 Å². The molecule has 0 amide bonds. The van der Waals surface area contributed by atoms with Crippen molar-refractivity contribution in [2.24, 2.45) is 5.92 Å². The third kappa shape index (κ3) is 7.22. The van der Waals surface area contributed by atoms with Gasteiger partial charge in [0.05, 0.1) is 12.0 Å². The molecule has 0 radical (unpaired) electrons. The van der Waals surface area contributed by atoms with Crippen LogP contribution in [0.2, 0.25) is 36.3 Å². The highest BCUT2D eigenvalue weighted by Gasteiger charge is 2.46. The van der Waals surface area contributed by atoms with Crippen LogP contribution in [0.15, 0.2) is 42.5 Å². The molecule has 6 heteroatoms. The van der Waals surface area contributed by atoms with Gasteiger partial charge in [0.2, 0.25) is 0 Å². The summed E-state index contributed by atoms with van der Waals surface area (Å²) in [6, 6.07) is 9.77. The third-order valence-electron chi connectivity index (χ3n) is 8.09. The van der Waals surface area contributed by atoms with Gasteiger partial charge in [-0.15, -0.1) is 0 Å². The van der Waals surface area contributed by atoms with Gasteiger partial charge in [0.1, 0.15) is 17.5 Å². The first-order valence-electron chi connectivity index (χ1n) is 13.0. The molecule has 0 unspecified atom stereocenters. The fourth-order valence-corrected chi connectivity index (χ4v) is 6.12. The van der Waals surface area contributed by atoms with E-state index >= 15 is 0 Å². The topological polar surface area (TPSA) is 44.8 Å². The molecule has 0 saturated heterocycles. The van der Waals surface area contributed by atoms with E-state index in [1.807, 2.05) is 44.2 Å². The molecule has 3 atom stereocenters. The summed E-state index contributed by atoms with van der Waals surface area (Å²) in [6.45, 7) is 30.3. The Hall–Kier alpha value is -1.66. The lowest BCUT2D eigenvalue weighted by atomic mass is 9.98. The Kier molecular flexibility index (Phi) is 9.01. The van der Waals surface area contributed by atoms with E-state index in [1.165, 1.54) is 0 Å². The van der Waals surface area contributed by atoms with Gasteiger partial charge < -0.3 is 13.6 Å². The number of carbonyl (C=O) groups is 1. The zero-order valence-electron chi connectivity index (χ0n) is 24.7. The fourth-order valence-electron chi connectivity index (χ4n) is 3.50. The molecular formula is C30H48O4Si2. The molecule has 1 aliphatic rings. The lowest BCUT2D eigenvalue weighted by molar-refractivity contribution is -0.115. The van der Waals surface area contributed by atoms with Gasteiger partial charge in [-0.25, -0.2) is 0 Å². The number of ketones is 1. The highest BCUT2D eigenvalue weighted by Crippen LogP contribution is 2.42. The van der Waals surface area contributed by atoms with Crippen LogP contribution in [0, 0.1) is 17.8 Å². The highest BCUT2D eigenvalue weighted by molar-refractivity contribution is 6.74. The van der Waals surface area contributed by atoms with Crippen molar-refractivity contribution in [3.8, 4) is 17.6 Å². The molecule has 36 heavy (non-hydrogen) atoms. The number of carbonyl (C=O) groups excluding carboxylic acids is 1. The van der Waals surface area contributed by atoms with Crippen LogP contribution in [-0.4, -0.2) is 40.2 Å². The lowest BCUT2D eigenvalue weighted by Crippen LogP contribution is -2.52. The van der Waals surface area contributed by atoms with E-state index in [-0.39, 0.29) is 27.9 Å². The summed E-state index contributed by atoms with van der Waals surface area (Å²) in [6.07, 6.45) is -0.428. The van der Waals surface area contributed by atoms with E-state index in [2.05, 4.69) is 86.2 Å². The Morgan fingerprint density at radius 2 is 1.44 bits per heavy atom. The van der Waals surface area contributed by atoms with Gasteiger partial charge in [0.15, 0.2) is 22.4 Å². The van der Waals surface area contributed by atoms with Crippen LogP contribution in [0.4, 0.5) is 0 Å². The lowest BCUT2D eigenvalue weighted by Gasteiger charge is -2.42. The van der Waals surface area contributed by atoms with Gasteiger partial charge in [-0.2, -0.15) is 0 Å². The van der Waals surface area contributed by atoms with Crippen molar-refractivity contribution >= 4 is 22.4 Å². The molecule has 0 heterocycles. The molecule has 200 valence electrons. The molecule has 1 aliphatic carbocycles. The summed E-state index contributed by atoms with van der Waals surface area (Å²) >= 11 is 0. The second-order valence-electron chi connectivity index (χ2n) is 13.6. The maximum absolute atomic E-state index is 12.7. The number of hydrogen-bond acceptors (Lipinski definition) is 4. The summed E-state index contributed by atoms with van der Waals surface area (Å²) in [5.74, 6) is 7.28. The largest absolute Gasteiger partial charge is 0.484 e. The van der Waals surface area contributed by atoms with Crippen LogP contribution in [-0.2, 0) is 13.6 Å². The predicted octanol–water partition coefficient (Wildman–Crippen LogP) is 7.77. The molecule has 2 rings (SSSR count). The summed E-state index contributed by atoms with van der Waals surface area (Å²) in [4.78, 5) is 12.7. The van der Waals surface area contributed by atoms with E-state index < -0.39 is 28.3 Å². The zero-order valence-corrected chi connectivity index (χ0v) is 26.7. The standard InChI is InChI=1S/C30H48O4Si2/c1-22-24(26(21-25(22)31)33-35(10,11)28(2,3)4)19-20-27(34-36(12,13)29(5,6)7)30(8,9)32-23-17-15-14-16-18-23/h14-18,24,26-27H,1,21H2,2-13H3/t24-,26-,27-/m1/s1. The van der Waals surface area contributed by atoms with Crippen molar-refractivity contribution in [2.45, 2.75) is 116 Å². The molecule has 1 saturated carbocycles. The van der Waals surface area contributed by atoms with Crippen LogP contribution in [0.5, 0.6) is 5.75 Å². The predicted molar refractivity (Wildman–Crippen MR) is 155 cm³/mol. The molecule has 0 N–H and O–H groups in total. The molecule has 1 aromatic carbocycles. The second kappa shape index (κ2) is 10.6. The average Bonchev–Trinajstić information content (AvgIpc) is 2.96. The van der Waals surface area contributed by atoms with Crippen LogP contribution in [0.3, 0.4) is 0 Å². The Morgan fingerprint density at radius 1 is 0.917 bits per heavy atom. The molecule has 0 bridgehead atoms. The summed E-state index contributed by atoms with van der Waals surface area (Å²) in [5.41, 5.74) is -0.178. The van der Waals surface area contributed by atoms with Gasteiger partial charge in [-0.1, -0.05) is 78.2 Å². The smallest absolute Gasteiger partial charge is 0.193 e.